The van der Waals surface area contributed by atoms with Crippen molar-refractivity contribution in [2.45, 2.75) is 11.4 Å². The summed E-state index contributed by atoms with van der Waals surface area (Å²) in [5, 5.41) is 0. The van der Waals surface area contributed by atoms with Gasteiger partial charge in [-0.2, -0.15) is 0 Å². The van der Waals surface area contributed by atoms with Crippen molar-refractivity contribution in [2.75, 3.05) is 10.0 Å². The first kappa shape index (κ1) is 16.6. The molecule has 2 aromatic carbocycles. The summed E-state index contributed by atoms with van der Waals surface area (Å²) >= 11 is 1.28. The minimum Gasteiger partial charge on any atom is -0.399 e. The van der Waals surface area contributed by atoms with E-state index in [2.05, 4.69) is 0 Å². The average Bonchev–Trinajstić information content (AvgIpc) is 3.06. The molecule has 0 bridgehead atoms. The lowest BCUT2D eigenvalue weighted by Crippen LogP contribution is -2.32. The molecular weight excluding hydrogens is 370 g/mol. The molecule has 0 radical (unpaired) electrons. The minimum absolute atomic E-state index is 0.142. The molecule has 4 N–H and O–H groups in total. The van der Waals surface area contributed by atoms with Gasteiger partial charge in [0.2, 0.25) is 0 Å². The van der Waals surface area contributed by atoms with Crippen LogP contribution >= 0.6 is 11.3 Å². The molecule has 132 valence electrons. The molecule has 0 saturated carbocycles. The topological polar surface area (TPSA) is 106 Å². The van der Waals surface area contributed by atoms with Crippen molar-refractivity contribution in [1.82, 2.24) is 0 Å². The minimum atomic E-state index is -3.78. The first-order valence-electron chi connectivity index (χ1n) is 7.78. The van der Waals surface area contributed by atoms with E-state index in [4.69, 9.17) is 11.5 Å². The molecule has 2 heterocycles. The number of fused-ring (bicyclic) bond motifs is 3. The molecule has 0 unspecified atom stereocenters. The van der Waals surface area contributed by atoms with E-state index in [0.717, 1.165) is 16.0 Å². The van der Waals surface area contributed by atoms with Crippen molar-refractivity contribution in [1.29, 1.82) is 0 Å². The maximum Gasteiger partial charge on any atom is 0.264 e. The number of hydrogen-bond donors (Lipinski definition) is 2. The maximum absolute atomic E-state index is 13.2. The number of amides is 1. The van der Waals surface area contributed by atoms with E-state index < -0.39 is 15.9 Å². The molecule has 6 nitrogen and oxygen atoms in total. The second-order valence-electron chi connectivity index (χ2n) is 5.93. The van der Waals surface area contributed by atoms with Gasteiger partial charge in [-0.1, -0.05) is 18.2 Å². The fourth-order valence-corrected chi connectivity index (χ4v) is 5.52. The lowest BCUT2D eigenvalue weighted by molar-refractivity contribution is 0.100. The average molecular weight is 385 g/mol. The van der Waals surface area contributed by atoms with Crippen molar-refractivity contribution < 1.29 is 13.2 Å². The number of hydrogen-bond acceptors (Lipinski definition) is 5. The van der Waals surface area contributed by atoms with E-state index in [9.17, 15) is 13.2 Å². The highest BCUT2D eigenvalue weighted by Crippen LogP contribution is 2.45. The predicted octanol–water partition coefficient (Wildman–Crippen LogP) is 2.81. The maximum atomic E-state index is 13.2. The van der Waals surface area contributed by atoms with Crippen LogP contribution < -0.4 is 15.8 Å². The van der Waals surface area contributed by atoms with Crippen LogP contribution in [0.3, 0.4) is 0 Å². The Balaban J connectivity index is 1.88. The van der Waals surface area contributed by atoms with Crippen LogP contribution in [0.15, 0.2) is 59.5 Å². The summed E-state index contributed by atoms with van der Waals surface area (Å²) in [6.45, 7) is 0.142. The van der Waals surface area contributed by atoms with Crippen LogP contribution in [0.2, 0.25) is 0 Å². The number of para-hydroxylation sites is 1. The molecule has 3 aromatic rings. The molecule has 0 spiro atoms. The number of primary amides is 1. The SMILES string of the molecule is NC(=O)c1cc2c(s1)-c1ccccc1N(S(=O)(=O)c1ccc(N)cc1)C2. The number of benzene rings is 2. The van der Waals surface area contributed by atoms with E-state index in [1.807, 2.05) is 12.1 Å². The Bertz CT molecular complexity index is 1120. The number of thiophene rings is 1. The van der Waals surface area contributed by atoms with E-state index in [0.29, 0.717) is 16.3 Å². The zero-order valence-corrected chi connectivity index (χ0v) is 15.2. The molecule has 26 heavy (non-hydrogen) atoms. The molecule has 0 fully saturated rings. The number of nitrogen functional groups attached to an aromatic ring is 1. The highest BCUT2D eigenvalue weighted by molar-refractivity contribution is 7.92. The van der Waals surface area contributed by atoms with Gasteiger partial charge >= 0.3 is 0 Å². The van der Waals surface area contributed by atoms with Gasteiger partial charge in [0.1, 0.15) is 0 Å². The van der Waals surface area contributed by atoms with Gasteiger partial charge in [0.15, 0.2) is 0 Å². The largest absolute Gasteiger partial charge is 0.399 e. The summed E-state index contributed by atoms with van der Waals surface area (Å²) < 4.78 is 27.8. The fourth-order valence-electron chi connectivity index (χ4n) is 3.00. The summed E-state index contributed by atoms with van der Waals surface area (Å²) in [4.78, 5) is 13.0. The third-order valence-electron chi connectivity index (χ3n) is 4.25. The standard InChI is InChI=1S/C18H15N3O3S2/c19-12-5-7-13(8-6-12)26(23,24)21-10-11-9-16(18(20)22)25-17(11)14-3-1-2-4-15(14)21/h1-9H,10,19H2,(H2,20,22). The Kier molecular flexibility index (Phi) is 3.74. The summed E-state index contributed by atoms with van der Waals surface area (Å²) in [5.74, 6) is -0.519. The first-order valence-corrected chi connectivity index (χ1v) is 10.0. The smallest absolute Gasteiger partial charge is 0.264 e. The van der Waals surface area contributed by atoms with Crippen molar-refractivity contribution in [3.63, 3.8) is 0 Å². The van der Waals surface area contributed by atoms with Gasteiger partial charge in [0, 0.05) is 16.1 Å². The van der Waals surface area contributed by atoms with E-state index in [-0.39, 0.29) is 11.4 Å². The van der Waals surface area contributed by atoms with Gasteiger partial charge in [0.25, 0.3) is 15.9 Å². The second kappa shape index (κ2) is 5.86. The summed E-state index contributed by atoms with van der Waals surface area (Å²) in [6, 6.07) is 15.0. The van der Waals surface area contributed by atoms with Crippen molar-refractivity contribution in [3.8, 4) is 10.4 Å². The van der Waals surface area contributed by atoms with Gasteiger partial charge in [-0.25, -0.2) is 8.42 Å². The van der Waals surface area contributed by atoms with Gasteiger partial charge in [0.05, 0.1) is 22.0 Å². The van der Waals surface area contributed by atoms with Gasteiger partial charge < -0.3 is 11.5 Å². The van der Waals surface area contributed by atoms with Gasteiger partial charge in [-0.3, -0.25) is 9.10 Å². The lowest BCUT2D eigenvalue weighted by Gasteiger charge is -2.30. The number of carbonyl (C=O) groups is 1. The first-order chi connectivity index (χ1) is 12.4. The molecule has 4 rings (SSSR count). The Morgan fingerprint density at radius 3 is 2.46 bits per heavy atom. The summed E-state index contributed by atoms with van der Waals surface area (Å²) in [7, 11) is -3.78. The normalized spacial score (nSPS) is 13.2. The Morgan fingerprint density at radius 1 is 1.08 bits per heavy atom. The molecule has 1 aliphatic heterocycles. The molecular formula is C18H15N3O3S2. The van der Waals surface area contributed by atoms with Gasteiger partial charge in [-0.15, -0.1) is 11.3 Å². The monoisotopic (exact) mass is 385 g/mol. The van der Waals surface area contributed by atoms with Crippen molar-refractivity contribution in [3.05, 3.63) is 65.0 Å². The highest BCUT2D eigenvalue weighted by Gasteiger charge is 2.33. The molecule has 1 amide bonds. The zero-order chi connectivity index (χ0) is 18.5. The van der Waals surface area contributed by atoms with E-state index >= 15 is 0 Å². The number of rotatable bonds is 3. The third-order valence-corrected chi connectivity index (χ3v) is 7.25. The number of carbonyl (C=O) groups excluding carboxylic acids is 1. The van der Waals surface area contributed by atoms with Crippen LogP contribution in [0, 0.1) is 0 Å². The molecule has 0 saturated heterocycles. The van der Waals surface area contributed by atoms with E-state index in [1.165, 1.54) is 27.8 Å². The molecule has 8 heteroatoms. The number of nitrogens with two attached hydrogens (primary N) is 2. The second-order valence-corrected chi connectivity index (χ2v) is 8.84. The predicted molar refractivity (Wildman–Crippen MR) is 102 cm³/mol. The third kappa shape index (κ3) is 2.54. The van der Waals surface area contributed by atoms with Crippen LogP contribution in [-0.4, -0.2) is 14.3 Å². The lowest BCUT2D eigenvalue weighted by atomic mass is 10.0. The van der Waals surface area contributed by atoms with Crippen LogP contribution in [0.4, 0.5) is 11.4 Å². The zero-order valence-electron chi connectivity index (χ0n) is 13.5. The van der Waals surface area contributed by atoms with E-state index in [1.54, 1.807) is 30.3 Å². The molecule has 1 aromatic heterocycles. The highest BCUT2D eigenvalue weighted by atomic mass is 32.2. The Hall–Kier alpha value is -2.84. The Labute approximate surface area is 154 Å². The van der Waals surface area contributed by atoms with Crippen LogP contribution in [0.5, 0.6) is 0 Å². The number of nitrogens with zero attached hydrogens (tertiary/aromatic N) is 1. The van der Waals surface area contributed by atoms with Crippen molar-refractivity contribution >= 4 is 38.6 Å². The summed E-state index contributed by atoms with van der Waals surface area (Å²) in [6.07, 6.45) is 0. The van der Waals surface area contributed by atoms with Crippen LogP contribution in [0.1, 0.15) is 15.2 Å². The number of sulfonamides is 1. The molecule has 0 aliphatic carbocycles. The number of anilines is 2. The Morgan fingerprint density at radius 2 is 1.77 bits per heavy atom. The quantitative estimate of drug-likeness (QED) is 0.676. The fraction of sp³-hybridized carbons (Fsp3) is 0.0556. The van der Waals surface area contributed by atoms with Gasteiger partial charge in [-0.05, 0) is 42.0 Å². The molecule has 1 aliphatic rings. The van der Waals surface area contributed by atoms with Crippen LogP contribution in [0.25, 0.3) is 10.4 Å². The van der Waals surface area contributed by atoms with Crippen LogP contribution in [-0.2, 0) is 16.6 Å². The van der Waals surface area contributed by atoms with Crippen molar-refractivity contribution in [2.24, 2.45) is 5.73 Å². The molecule has 0 atom stereocenters. The summed E-state index contributed by atoms with van der Waals surface area (Å²) in [5.41, 5.74) is 13.7.